The number of benzene rings is 2. The summed E-state index contributed by atoms with van der Waals surface area (Å²) in [4.78, 5) is 20.7. The molecule has 1 aromatic heterocycles. The molecule has 0 saturated heterocycles. The van der Waals surface area contributed by atoms with Gasteiger partial charge in [0, 0.05) is 24.6 Å². The number of amides is 1. The van der Waals surface area contributed by atoms with E-state index in [0.29, 0.717) is 18.1 Å². The second-order valence-corrected chi connectivity index (χ2v) is 6.00. The number of nitrogens with zero attached hydrogens (tertiary/aromatic N) is 2. The Morgan fingerprint density at radius 3 is 2.23 bits per heavy atom. The van der Waals surface area contributed by atoms with Gasteiger partial charge in [0.15, 0.2) is 0 Å². The van der Waals surface area contributed by atoms with Gasteiger partial charge < -0.3 is 10.6 Å². The zero-order valence-electron chi connectivity index (χ0n) is 14.6. The van der Waals surface area contributed by atoms with E-state index in [4.69, 9.17) is 0 Å². The summed E-state index contributed by atoms with van der Waals surface area (Å²) in [5.74, 6) is -0.130. The molecule has 0 fully saturated rings. The summed E-state index contributed by atoms with van der Waals surface area (Å²) < 4.78 is 12.9. The second kappa shape index (κ2) is 7.74. The van der Waals surface area contributed by atoms with E-state index in [1.165, 1.54) is 24.5 Å². The molecule has 0 aliphatic carbocycles. The summed E-state index contributed by atoms with van der Waals surface area (Å²) >= 11 is 0. The van der Waals surface area contributed by atoms with Crippen molar-refractivity contribution in [3.63, 3.8) is 0 Å². The number of anilines is 2. The van der Waals surface area contributed by atoms with Crippen LogP contribution in [0.25, 0.3) is 0 Å². The molecule has 26 heavy (non-hydrogen) atoms. The van der Waals surface area contributed by atoms with Crippen LogP contribution >= 0.6 is 0 Å². The maximum Gasteiger partial charge on any atom is 0.258 e. The molecule has 0 atom stereocenters. The maximum atomic E-state index is 12.9. The van der Waals surface area contributed by atoms with E-state index in [1.54, 1.807) is 12.1 Å². The first-order valence-electron chi connectivity index (χ1n) is 8.21. The second-order valence-electron chi connectivity index (χ2n) is 6.00. The average molecular weight is 350 g/mol. The number of para-hydroxylation sites is 1. The summed E-state index contributed by atoms with van der Waals surface area (Å²) in [6, 6.07) is 12.0. The molecule has 1 amide bonds. The Kier molecular flexibility index (Phi) is 5.22. The molecule has 0 aliphatic heterocycles. The first kappa shape index (κ1) is 17.5. The zero-order chi connectivity index (χ0) is 18.5. The van der Waals surface area contributed by atoms with Crippen LogP contribution in [0.3, 0.4) is 0 Å². The highest BCUT2D eigenvalue weighted by Gasteiger charge is 2.10. The Balaban J connectivity index is 1.63. The van der Waals surface area contributed by atoms with Crippen molar-refractivity contribution in [1.82, 2.24) is 9.97 Å². The van der Waals surface area contributed by atoms with Crippen molar-refractivity contribution in [3.8, 4) is 0 Å². The van der Waals surface area contributed by atoms with Crippen molar-refractivity contribution >= 4 is 17.5 Å². The van der Waals surface area contributed by atoms with Crippen molar-refractivity contribution in [3.05, 3.63) is 82.9 Å². The van der Waals surface area contributed by atoms with Crippen LogP contribution in [-0.4, -0.2) is 15.9 Å². The molecule has 132 valence electrons. The van der Waals surface area contributed by atoms with Crippen LogP contribution < -0.4 is 10.6 Å². The largest absolute Gasteiger partial charge is 0.350 e. The predicted octanol–water partition coefficient (Wildman–Crippen LogP) is 4.10. The lowest BCUT2D eigenvalue weighted by Gasteiger charge is -2.11. The Hall–Kier alpha value is -3.28. The number of carbonyl (C=O) groups is 1. The van der Waals surface area contributed by atoms with Crippen molar-refractivity contribution in [2.75, 3.05) is 10.6 Å². The first-order chi connectivity index (χ1) is 12.5. The van der Waals surface area contributed by atoms with E-state index in [2.05, 4.69) is 20.6 Å². The normalized spacial score (nSPS) is 10.4. The Morgan fingerprint density at radius 1 is 1.00 bits per heavy atom. The van der Waals surface area contributed by atoms with Crippen molar-refractivity contribution in [2.24, 2.45) is 0 Å². The number of aromatic nitrogens is 2. The highest BCUT2D eigenvalue weighted by Crippen LogP contribution is 2.20. The van der Waals surface area contributed by atoms with Crippen LogP contribution in [0.15, 0.2) is 54.9 Å². The number of rotatable bonds is 5. The highest BCUT2D eigenvalue weighted by atomic mass is 19.1. The fourth-order valence-corrected chi connectivity index (χ4v) is 2.52. The molecule has 0 spiro atoms. The number of hydrogen-bond acceptors (Lipinski definition) is 4. The van der Waals surface area contributed by atoms with Crippen molar-refractivity contribution in [1.29, 1.82) is 0 Å². The van der Waals surface area contributed by atoms with E-state index < -0.39 is 0 Å². The fraction of sp³-hybridized carbons (Fsp3) is 0.150. The molecule has 0 aliphatic rings. The molecule has 0 saturated carbocycles. The minimum absolute atomic E-state index is 0.257. The average Bonchev–Trinajstić information content (AvgIpc) is 2.65. The molecule has 3 rings (SSSR count). The summed E-state index contributed by atoms with van der Waals surface area (Å²) in [6.07, 6.45) is 2.95. The van der Waals surface area contributed by atoms with Gasteiger partial charge in [-0.3, -0.25) is 4.79 Å². The van der Waals surface area contributed by atoms with Gasteiger partial charge in [0.25, 0.3) is 5.91 Å². The van der Waals surface area contributed by atoms with Crippen LogP contribution in [0.2, 0.25) is 0 Å². The van der Waals surface area contributed by atoms with Gasteiger partial charge in [0.1, 0.15) is 5.82 Å². The molecule has 5 nitrogen and oxygen atoms in total. The highest BCUT2D eigenvalue weighted by molar-refractivity contribution is 6.04. The first-order valence-corrected chi connectivity index (χ1v) is 8.21. The minimum atomic E-state index is -0.274. The number of halogens is 1. The topological polar surface area (TPSA) is 66.9 Å². The number of nitrogens with one attached hydrogen (secondary N) is 2. The van der Waals surface area contributed by atoms with Gasteiger partial charge in [-0.15, -0.1) is 0 Å². The fourth-order valence-electron chi connectivity index (χ4n) is 2.52. The van der Waals surface area contributed by atoms with Gasteiger partial charge in [0.05, 0.1) is 5.56 Å². The van der Waals surface area contributed by atoms with Gasteiger partial charge in [-0.1, -0.05) is 30.3 Å². The SMILES string of the molecule is Cc1cccc(C)c1NC(=O)c1cnc(NCc2ccc(F)cc2)nc1. The van der Waals surface area contributed by atoms with Crippen LogP contribution in [-0.2, 0) is 6.54 Å². The Morgan fingerprint density at radius 2 is 1.62 bits per heavy atom. The lowest BCUT2D eigenvalue weighted by molar-refractivity contribution is 0.102. The lowest BCUT2D eigenvalue weighted by Crippen LogP contribution is -2.15. The molecular weight excluding hydrogens is 331 g/mol. The van der Waals surface area contributed by atoms with E-state index in [1.807, 2.05) is 32.0 Å². The van der Waals surface area contributed by atoms with Gasteiger partial charge >= 0.3 is 0 Å². The van der Waals surface area contributed by atoms with E-state index in [-0.39, 0.29) is 11.7 Å². The maximum absolute atomic E-state index is 12.9. The molecule has 2 N–H and O–H groups in total. The number of aryl methyl sites for hydroxylation is 2. The van der Waals surface area contributed by atoms with Crippen LogP contribution in [0.1, 0.15) is 27.0 Å². The molecule has 0 bridgehead atoms. The lowest BCUT2D eigenvalue weighted by atomic mass is 10.1. The smallest absolute Gasteiger partial charge is 0.258 e. The van der Waals surface area contributed by atoms with Crippen LogP contribution in [0.5, 0.6) is 0 Å². The Bertz CT molecular complexity index is 888. The summed E-state index contributed by atoms with van der Waals surface area (Å²) in [5, 5.41) is 5.94. The zero-order valence-corrected chi connectivity index (χ0v) is 14.6. The van der Waals surface area contributed by atoms with Gasteiger partial charge in [-0.25, -0.2) is 14.4 Å². The van der Waals surface area contributed by atoms with E-state index in [9.17, 15) is 9.18 Å². The van der Waals surface area contributed by atoms with Crippen LogP contribution in [0, 0.1) is 19.7 Å². The van der Waals surface area contributed by atoms with Gasteiger partial charge in [-0.2, -0.15) is 0 Å². The molecule has 0 unspecified atom stereocenters. The van der Waals surface area contributed by atoms with Gasteiger partial charge in [0.2, 0.25) is 5.95 Å². The quantitative estimate of drug-likeness (QED) is 0.727. The number of carbonyl (C=O) groups excluding carboxylic acids is 1. The third-order valence-electron chi connectivity index (χ3n) is 4.00. The van der Waals surface area contributed by atoms with Crippen LogP contribution in [0.4, 0.5) is 16.0 Å². The number of hydrogen-bond donors (Lipinski definition) is 2. The standard InChI is InChI=1S/C20H19FN4O/c1-13-4-3-5-14(2)18(13)25-19(26)16-11-23-20(24-12-16)22-10-15-6-8-17(21)9-7-15/h3-9,11-12H,10H2,1-2H3,(H,25,26)(H,22,23,24). The monoisotopic (exact) mass is 350 g/mol. The third-order valence-corrected chi connectivity index (χ3v) is 4.00. The van der Waals surface area contributed by atoms with Crippen molar-refractivity contribution in [2.45, 2.75) is 20.4 Å². The summed E-state index contributed by atoms with van der Waals surface area (Å²) in [5.41, 5.74) is 4.08. The molecule has 1 heterocycles. The summed E-state index contributed by atoms with van der Waals surface area (Å²) in [7, 11) is 0. The summed E-state index contributed by atoms with van der Waals surface area (Å²) in [6.45, 7) is 4.36. The van der Waals surface area contributed by atoms with E-state index >= 15 is 0 Å². The molecule has 3 aromatic rings. The molecule has 0 radical (unpaired) electrons. The van der Waals surface area contributed by atoms with Gasteiger partial charge in [-0.05, 0) is 42.7 Å². The molecule has 2 aromatic carbocycles. The van der Waals surface area contributed by atoms with E-state index in [0.717, 1.165) is 22.4 Å². The van der Waals surface area contributed by atoms with Crippen molar-refractivity contribution < 1.29 is 9.18 Å². The molecular formula is C20H19FN4O. The minimum Gasteiger partial charge on any atom is -0.350 e. The predicted molar refractivity (Wildman–Crippen MR) is 99.6 cm³/mol. The Labute approximate surface area is 151 Å². The molecule has 6 heteroatoms. The third kappa shape index (κ3) is 4.22.